The fraction of sp³-hybridized carbons (Fsp3) is 0.462. The standard InChI is InChI=1S/C13H17BrN2O3/c1-12(2,3)19-11(18)16-13(4,8-17)9-5-6-15-7-10(9)14/h5-8H,1-4H3,(H,16,18). The van der Waals surface area contributed by atoms with Crippen molar-refractivity contribution in [2.45, 2.75) is 38.8 Å². The van der Waals surface area contributed by atoms with Crippen LogP contribution in [0.4, 0.5) is 4.79 Å². The molecule has 6 heteroatoms. The third kappa shape index (κ3) is 4.31. The molecule has 0 bridgehead atoms. The second kappa shape index (κ2) is 5.69. The summed E-state index contributed by atoms with van der Waals surface area (Å²) in [6.07, 6.45) is 3.13. The minimum atomic E-state index is -1.18. The molecule has 0 saturated heterocycles. The van der Waals surface area contributed by atoms with E-state index in [4.69, 9.17) is 4.74 Å². The summed E-state index contributed by atoms with van der Waals surface area (Å²) in [5.41, 5.74) is -1.18. The first kappa shape index (κ1) is 15.6. The van der Waals surface area contributed by atoms with Gasteiger partial charge < -0.3 is 14.8 Å². The van der Waals surface area contributed by atoms with Gasteiger partial charge in [-0.25, -0.2) is 4.79 Å². The lowest BCUT2D eigenvalue weighted by atomic mass is 9.95. The molecule has 0 aromatic carbocycles. The van der Waals surface area contributed by atoms with Crippen molar-refractivity contribution < 1.29 is 14.3 Å². The molecule has 1 amide bonds. The summed E-state index contributed by atoms with van der Waals surface area (Å²) >= 11 is 3.31. The molecular weight excluding hydrogens is 312 g/mol. The minimum Gasteiger partial charge on any atom is -0.444 e. The number of ether oxygens (including phenoxy) is 1. The van der Waals surface area contributed by atoms with E-state index >= 15 is 0 Å². The molecule has 0 radical (unpaired) electrons. The summed E-state index contributed by atoms with van der Waals surface area (Å²) in [6, 6.07) is 1.66. The van der Waals surface area contributed by atoms with Crippen LogP contribution in [0.5, 0.6) is 0 Å². The Hall–Kier alpha value is -1.43. The predicted molar refractivity (Wildman–Crippen MR) is 74.7 cm³/mol. The number of halogens is 1. The van der Waals surface area contributed by atoms with Gasteiger partial charge in [-0.15, -0.1) is 0 Å². The molecular formula is C13H17BrN2O3. The van der Waals surface area contributed by atoms with Crippen LogP contribution in [0, 0.1) is 0 Å². The van der Waals surface area contributed by atoms with Crippen LogP contribution in [0.25, 0.3) is 0 Å². The molecule has 1 rings (SSSR count). The number of rotatable bonds is 3. The smallest absolute Gasteiger partial charge is 0.408 e. The Morgan fingerprint density at radius 3 is 2.53 bits per heavy atom. The van der Waals surface area contributed by atoms with Crippen LogP contribution >= 0.6 is 15.9 Å². The van der Waals surface area contributed by atoms with Crippen LogP contribution in [0.2, 0.25) is 0 Å². The van der Waals surface area contributed by atoms with Crippen LogP contribution in [0.3, 0.4) is 0 Å². The molecule has 0 aliphatic heterocycles. The van der Waals surface area contributed by atoms with Crippen LogP contribution < -0.4 is 5.32 Å². The van der Waals surface area contributed by atoms with E-state index in [-0.39, 0.29) is 0 Å². The van der Waals surface area contributed by atoms with Crippen molar-refractivity contribution in [3.63, 3.8) is 0 Å². The van der Waals surface area contributed by atoms with Crippen molar-refractivity contribution in [2.24, 2.45) is 0 Å². The van der Waals surface area contributed by atoms with Crippen molar-refractivity contribution in [3.05, 3.63) is 28.5 Å². The number of nitrogens with one attached hydrogen (secondary N) is 1. The molecule has 1 atom stereocenters. The van der Waals surface area contributed by atoms with E-state index in [9.17, 15) is 9.59 Å². The highest BCUT2D eigenvalue weighted by Crippen LogP contribution is 2.26. The largest absolute Gasteiger partial charge is 0.444 e. The van der Waals surface area contributed by atoms with Gasteiger partial charge in [-0.05, 0) is 49.7 Å². The zero-order chi connectivity index (χ0) is 14.7. The number of alkyl carbamates (subject to hydrolysis) is 1. The monoisotopic (exact) mass is 328 g/mol. The van der Waals surface area contributed by atoms with E-state index < -0.39 is 17.2 Å². The van der Waals surface area contributed by atoms with E-state index in [0.717, 1.165) is 0 Å². The summed E-state index contributed by atoms with van der Waals surface area (Å²) in [7, 11) is 0. The van der Waals surface area contributed by atoms with Gasteiger partial charge in [0.1, 0.15) is 17.4 Å². The van der Waals surface area contributed by atoms with Crippen molar-refractivity contribution in [2.75, 3.05) is 0 Å². The normalized spacial score (nSPS) is 14.4. The van der Waals surface area contributed by atoms with Crippen molar-refractivity contribution >= 4 is 28.3 Å². The summed E-state index contributed by atoms with van der Waals surface area (Å²) in [5.74, 6) is 0. The predicted octanol–water partition coefficient (Wildman–Crippen LogP) is 2.78. The fourth-order valence-corrected chi connectivity index (χ4v) is 2.13. The molecule has 5 nitrogen and oxygen atoms in total. The Morgan fingerprint density at radius 1 is 1.42 bits per heavy atom. The first-order valence-corrected chi connectivity index (χ1v) is 6.55. The van der Waals surface area contributed by atoms with Gasteiger partial charge >= 0.3 is 6.09 Å². The molecule has 1 aromatic rings. The number of pyridine rings is 1. The van der Waals surface area contributed by atoms with E-state index in [1.807, 2.05) is 0 Å². The molecule has 104 valence electrons. The van der Waals surface area contributed by atoms with Crippen LogP contribution in [0.1, 0.15) is 33.3 Å². The Bertz CT molecular complexity index is 485. The fourth-order valence-electron chi connectivity index (χ4n) is 1.47. The number of hydrogen-bond donors (Lipinski definition) is 1. The van der Waals surface area contributed by atoms with Crippen LogP contribution in [-0.4, -0.2) is 23.0 Å². The Kier molecular flexibility index (Phi) is 4.68. The second-order valence-corrected chi connectivity index (χ2v) is 6.16. The third-order valence-electron chi connectivity index (χ3n) is 2.33. The summed E-state index contributed by atoms with van der Waals surface area (Å²) in [5, 5.41) is 2.57. The number of carbonyl (C=O) groups is 2. The molecule has 0 fully saturated rings. The lowest BCUT2D eigenvalue weighted by Gasteiger charge is -2.28. The van der Waals surface area contributed by atoms with Gasteiger partial charge in [0.25, 0.3) is 0 Å². The Labute approximate surface area is 120 Å². The number of aromatic nitrogens is 1. The summed E-state index contributed by atoms with van der Waals surface area (Å²) in [4.78, 5) is 27.1. The quantitative estimate of drug-likeness (QED) is 0.866. The third-order valence-corrected chi connectivity index (χ3v) is 2.96. The van der Waals surface area contributed by atoms with Gasteiger partial charge in [0.05, 0.1) is 0 Å². The van der Waals surface area contributed by atoms with Gasteiger partial charge in [-0.3, -0.25) is 4.98 Å². The van der Waals surface area contributed by atoms with E-state index in [1.54, 1.807) is 46.2 Å². The van der Waals surface area contributed by atoms with E-state index in [1.165, 1.54) is 0 Å². The van der Waals surface area contributed by atoms with E-state index in [0.29, 0.717) is 16.3 Å². The molecule has 0 aliphatic rings. The maximum absolute atomic E-state index is 11.8. The number of carbonyl (C=O) groups excluding carboxylic acids is 2. The first-order valence-electron chi connectivity index (χ1n) is 5.75. The highest BCUT2D eigenvalue weighted by atomic mass is 79.9. The topological polar surface area (TPSA) is 68.3 Å². The van der Waals surface area contributed by atoms with Crippen LogP contribution in [-0.2, 0) is 15.1 Å². The maximum atomic E-state index is 11.8. The van der Waals surface area contributed by atoms with E-state index in [2.05, 4.69) is 26.2 Å². The molecule has 0 saturated carbocycles. The highest BCUT2D eigenvalue weighted by molar-refractivity contribution is 9.10. The lowest BCUT2D eigenvalue weighted by Crippen LogP contribution is -2.47. The first-order chi connectivity index (χ1) is 8.68. The summed E-state index contributed by atoms with van der Waals surface area (Å²) < 4.78 is 5.80. The Balaban J connectivity index is 2.97. The average Bonchev–Trinajstić information content (AvgIpc) is 2.26. The van der Waals surface area contributed by atoms with Crippen LogP contribution in [0.15, 0.2) is 22.9 Å². The molecule has 1 N–H and O–H groups in total. The highest BCUT2D eigenvalue weighted by Gasteiger charge is 2.32. The van der Waals surface area contributed by atoms with Gasteiger partial charge in [0, 0.05) is 22.4 Å². The van der Waals surface area contributed by atoms with Crippen molar-refractivity contribution in [1.29, 1.82) is 0 Å². The number of hydrogen-bond acceptors (Lipinski definition) is 4. The lowest BCUT2D eigenvalue weighted by molar-refractivity contribution is -0.113. The zero-order valence-corrected chi connectivity index (χ0v) is 12.9. The molecule has 0 spiro atoms. The number of amides is 1. The molecule has 19 heavy (non-hydrogen) atoms. The van der Waals surface area contributed by atoms with Crippen molar-refractivity contribution in [1.82, 2.24) is 10.3 Å². The molecule has 1 unspecified atom stereocenters. The summed E-state index contributed by atoms with van der Waals surface area (Å²) in [6.45, 7) is 6.87. The SMILES string of the molecule is CC(C)(C)OC(=O)NC(C)(C=O)c1ccncc1Br. The minimum absolute atomic E-state index is 0.614. The number of nitrogens with zero attached hydrogens (tertiary/aromatic N) is 1. The maximum Gasteiger partial charge on any atom is 0.408 e. The van der Waals surface area contributed by atoms with Gasteiger partial charge in [-0.1, -0.05) is 0 Å². The molecule has 1 heterocycles. The van der Waals surface area contributed by atoms with Gasteiger partial charge in [0.2, 0.25) is 0 Å². The zero-order valence-electron chi connectivity index (χ0n) is 11.4. The second-order valence-electron chi connectivity index (χ2n) is 5.30. The molecule has 0 aliphatic carbocycles. The van der Waals surface area contributed by atoms with Gasteiger partial charge in [-0.2, -0.15) is 0 Å². The number of aldehydes is 1. The van der Waals surface area contributed by atoms with Crippen molar-refractivity contribution in [3.8, 4) is 0 Å². The average molecular weight is 329 g/mol. The molecule has 1 aromatic heterocycles. The van der Waals surface area contributed by atoms with Gasteiger partial charge in [0.15, 0.2) is 0 Å². The Morgan fingerprint density at radius 2 is 2.05 bits per heavy atom.